The average molecular weight is 213 g/mol. The fraction of sp³-hybridized carbons (Fsp3) is 0.222. The van der Waals surface area contributed by atoms with Crippen molar-refractivity contribution in [2.24, 2.45) is 0 Å². The normalized spacial score (nSPS) is 9.55. The van der Waals surface area contributed by atoms with E-state index < -0.39 is 0 Å². The van der Waals surface area contributed by atoms with E-state index in [0.29, 0.717) is 6.42 Å². The second-order valence-electron chi connectivity index (χ2n) is 2.27. The standard InChI is InChI=1S/C9H9BrO/c10-7-9-4-2-1-3-8(9)5-6-11/h1-4,6H,5,7H2. The molecule has 0 saturated heterocycles. The van der Waals surface area contributed by atoms with E-state index in [-0.39, 0.29) is 0 Å². The lowest BCUT2D eigenvalue weighted by Gasteiger charge is -2.01. The molecule has 11 heavy (non-hydrogen) atoms. The van der Waals surface area contributed by atoms with Crippen LogP contribution < -0.4 is 0 Å². The molecule has 0 N–H and O–H groups in total. The molecule has 0 aromatic heterocycles. The number of alkyl halides is 1. The summed E-state index contributed by atoms with van der Waals surface area (Å²) in [5.74, 6) is 0. The fourth-order valence-electron chi connectivity index (χ4n) is 0.977. The van der Waals surface area contributed by atoms with E-state index in [9.17, 15) is 4.79 Å². The van der Waals surface area contributed by atoms with Gasteiger partial charge in [-0.25, -0.2) is 0 Å². The van der Waals surface area contributed by atoms with Crippen LogP contribution in [0.25, 0.3) is 0 Å². The molecule has 0 amide bonds. The van der Waals surface area contributed by atoms with Gasteiger partial charge in [-0.3, -0.25) is 0 Å². The summed E-state index contributed by atoms with van der Waals surface area (Å²) in [6.07, 6.45) is 1.45. The van der Waals surface area contributed by atoms with E-state index in [1.54, 1.807) is 0 Å². The van der Waals surface area contributed by atoms with Gasteiger partial charge in [0.1, 0.15) is 6.29 Å². The van der Waals surface area contributed by atoms with Crippen molar-refractivity contribution in [1.29, 1.82) is 0 Å². The summed E-state index contributed by atoms with van der Waals surface area (Å²) in [7, 11) is 0. The molecule has 0 aliphatic carbocycles. The number of carbonyl (C=O) groups excluding carboxylic acids is 1. The first-order chi connectivity index (χ1) is 5.38. The monoisotopic (exact) mass is 212 g/mol. The van der Waals surface area contributed by atoms with Crippen molar-refractivity contribution in [2.45, 2.75) is 11.8 Å². The van der Waals surface area contributed by atoms with Crippen molar-refractivity contribution in [3.8, 4) is 0 Å². The molecule has 0 fully saturated rings. The molecule has 0 heterocycles. The van der Waals surface area contributed by atoms with E-state index in [0.717, 1.165) is 17.2 Å². The molecule has 0 atom stereocenters. The molecule has 2 heteroatoms. The van der Waals surface area contributed by atoms with E-state index >= 15 is 0 Å². The number of rotatable bonds is 3. The minimum absolute atomic E-state index is 0.516. The van der Waals surface area contributed by atoms with Crippen molar-refractivity contribution in [3.05, 3.63) is 35.4 Å². The van der Waals surface area contributed by atoms with Crippen molar-refractivity contribution in [2.75, 3.05) is 0 Å². The third kappa shape index (κ3) is 2.15. The van der Waals surface area contributed by atoms with E-state index in [1.807, 2.05) is 24.3 Å². The maximum absolute atomic E-state index is 10.2. The van der Waals surface area contributed by atoms with Crippen LogP contribution >= 0.6 is 15.9 Å². The highest BCUT2D eigenvalue weighted by Crippen LogP contribution is 2.11. The molecule has 1 aromatic carbocycles. The number of carbonyl (C=O) groups is 1. The summed E-state index contributed by atoms with van der Waals surface area (Å²) >= 11 is 3.36. The predicted octanol–water partition coefficient (Wildman–Crippen LogP) is 2.32. The summed E-state index contributed by atoms with van der Waals surface area (Å²) in [5.41, 5.74) is 2.30. The molecule has 0 bridgehead atoms. The highest BCUT2D eigenvalue weighted by Gasteiger charge is 1.97. The maximum Gasteiger partial charge on any atom is 0.124 e. The highest BCUT2D eigenvalue weighted by molar-refractivity contribution is 9.08. The Balaban J connectivity index is 2.92. The first-order valence-electron chi connectivity index (χ1n) is 3.45. The number of benzene rings is 1. The van der Waals surface area contributed by atoms with E-state index in [2.05, 4.69) is 15.9 Å². The van der Waals surface area contributed by atoms with Crippen LogP contribution in [-0.2, 0) is 16.5 Å². The summed E-state index contributed by atoms with van der Waals surface area (Å²) in [6, 6.07) is 7.93. The Kier molecular flexibility index (Phi) is 3.30. The van der Waals surface area contributed by atoms with Crippen LogP contribution in [0, 0.1) is 0 Å². The Morgan fingerprint density at radius 3 is 2.45 bits per heavy atom. The molecule has 0 radical (unpaired) electrons. The van der Waals surface area contributed by atoms with Gasteiger partial charge in [-0.1, -0.05) is 40.2 Å². The zero-order chi connectivity index (χ0) is 8.10. The molecule has 1 aromatic rings. The summed E-state index contributed by atoms with van der Waals surface area (Å²) < 4.78 is 0. The number of hydrogen-bond acceptors (Lipinski definition) is 1. The Labute approximate surface area is 74.6 Å². The van der Waals surface area contributed by atoms with Gasteiger partial charge in [-0.05, 0) is 11.1 Å². The fourth-order valence-corrected chi connectivity index (χ4v) is 1.52. The molecule has 0 unspecified atom stereocenters. The maximum atomic E-state index is 10.2. The van der Waals surface area contributed by atoms with Gasteiger partial charge in [-0.15, -0.1) is 0 Å². The molecule has 1 nitrogen and oxygen atoms in total. The second kappa shape index (κ2) is 4.29. The highest BCUT2D eigenvalue weighted by atomic mass is 79.9. The Morgan fingerprint density at radius 1 is 1.27 bits per heavy atom. The minimum atomic E-state index is 0.516. The summed E-state index contributed by atoms with van der Waals surface area (Å²) in [5, 5.41) is 0.816. The Morgan fingerprint density at radius 2 is 1.91 bits per heavy atom. The number of halogens is 1. The lowest BCUT2D eigenvalue weighted by atomic mass is 10.1. The Hall–Kier alpha value is -0.630. The van der Waals surface area contributed by atoms with Crippen LogP contribution in [0.15, 0.2) is 24.3 Å². The van der Waals surface area contributed by atoms with Crippen LogP contribution in [0.4, 0.5) is 0 Å². The lowest BCUT2D eigenvalue weighted by Crippen LogP contribution is -1.91. The van der Waals surface area contributed by atoms with Gasteiger partial charge in [0.25, 0.3) is 0 Å². The molecule has 0 aliphatic heterocycles. The van der Waals surface area contributed by atoms with Gasteiger partial charge < -0.3 is 4.79 Å². The van der Waals surface area contributed by atoms with Gasteiger partial charge in [0.15, 0.2) is 0 Å². The lowest BCUT2D eigenvalue weighted by molar-refractivity contribution is -0.107. The van der Waals surface area contributed by atoms with Gasteiger partial charge >= 0.3 is 0 Å². The van der Waals surface area contributed by atoms with Crippen LogP contribution in [0.1, 0.15) is 11.1 Å². The van der Waals surface area contributed by atoms with Gasteiger partial charge in [0, 0.05) is 11.8 Å². The largest absolute Gasteiger partial charge is 0.303 e. The van der Waals surface area contributed by atoms with Crippen molar-refractivity contribution in [3.63, 3.8) is 0 Å². The second-order valence-corrected chi connectivity index (χ2v) is 2.83. The Bertz CT molecular complexity index is 245. The molecule has 1 rings (SSSR count). The molecular weight excluding hydrogens is 204 g/mol. The molecule has 0 aliphatic rings. The molecule has 0 saturated carbocycles. The smallest absolute Gasteiger partial charge is 0.124 e. The van der Waals surface area contributed by atoms with E-state index in [1.165, 1.54) is 5.56 Å². The van der Waals surface area contributed by atoms with Crippen molar-refractivity contribution in [1.82, 2.24) is 0 Å². The predicted molar refractivity (Wildman–Crippen MR) is 48.8 cm³/mol. The SMILES string of the molecule is O=CCc1ccccc1CBr. The van der Waals surface area contributed by atoms with E-state index in [4.69, 9.17) is 0 Å². The molecular formula is C9H9BrO. The third-order valence-corrected chi connectivity index (χ3v) is 2.17. The third-order valence-electron chi connectivity index (χ3n) is 1.57. The van der Waals surface area contributed by atoms with Crippen molar-refractivity contribution < 1.29 is 4.79 Å². The molecule has 0 spiro atoms. The number of aldehydes is 1. The summed E-state index contributed by atoms with van der Waals surface area (Å²) in [4.78, 5) is 10.2. The quantitative estimate of drug-likeness (QED) is 0.556. The van der Waals surface area contributed by atoms with Gasteiger partial charge in [-0.2, -0.15) is 0 Å². The van der Waals surface area contributed by atoms with Crippen LogP contribution in [0.5, 0.6) is 0 Å². The van der Waals surface area contributed by atoms with Crippen LogP contribution in [0.2, 0.25) is 0 Å². The molecule has 58 valence electrons. The van der Waals surface area contributed by atoms with Crippen LogP contribution in [0.3, 0.4) is 0 Å². The summed E-state index contributed by atoms with van der Waals surface area (Å²) in [6.45, 7) is 0. The first kappa shape index (κ1) is 8.47. The van der Waals surface area contributed by atoms with Crippen LogP contribution in [-0.4, -0.2) is 6.29 Å². The van der Waals surface area contributed by atoms with Gasteiger partial charge in [0.2, 0.25) is 0 Å². The topological polar surface area (TPSA) is 17.1 Å². The van der Waals surface area contributed by atoms with Crippen molar-refractivity contribution >= 4 is 22.2 Å². The average Bonchev–Trinajstić information content (AvgIpc) is 2.06. The zero-order valence-electron chi connectivity index (χ0n) is 6.09. The zero-order valence-corrected chi connectivity index (χ0v) is 7.67. The van der Waals surface area contributed by atoms with Gasteiger partial charge in [0.05, 0.1) is 0 Å². The first-order valence-corrected chi connectivity index (χ1v) is 4.57. The minimum Gasteiger partial charge on any atom is -0.303 e. The number of hydrogen-bond donors (Lipinski definition) is 0.